The van der Waals surface area contributed by atoms with Crippen LogP contribution < -0.4 is 0 Å². The number of hydrogen-bond donors (Lipinski definition) is 0. The van der Waals surface area contributed by atoms with Gasteiger partial charge in [0.1, 0.15) is 0 Å². The summed E-state index contributed by atoms with van der Waals surface area (Å²) in [5, 5.41) is 9.98. The third kappa shape index (κ3) is 15.1. The molecule has 0 amide bonds. The molecule has 0 N–H and O–H groups in total. The van der Waals surface area contributed by atoms with Gasteiger partial charge in [0.05, 0.1) is 0 Å². The number of aromatic nitrogens is 2. The third-order valence-electron chi connectivity index (χ3n) is 7.50. The van der Waals surface area contributed by atoms with E-state index in [1.165, 1.54) is 16.7 Å². The average molecular weight is 812 g/mol. The summed E-state index contributed by atoms with van der Waals surface area (Å²) in [6, 6.07) is 48.9. The first kappa shape index (κ1) is 40.8. The number of hydrogen-bond acceptors (Lipinski definition) is 1. The van der Waals surface area contributed by atoms with Crippen LogP contribution in [-0.4, -0.2) is 9.78 Å². The summed E-state index contributed by atoms with van der Waals surface area (Å²) in [5.74, 6) is 0.868. The average Bonchev–Trinajstić information content (AvgIpc) is 3.53. The maximum Gasteiger partial charge on any atom is 0.0483 e. The second-order valence-corrected chi connectivity index (χ2v) is 12.3. The second kappa shape index (κ2) is 22.3. The Morgan fingerprint density at radius 1 is 0.551 bits per heavy atom. The largest absolute Gasteiger partial charge is 0.676 e. The molecule has 6 rings (SSSR count). The molecule has 3 nitrogen and oxygen atoms in total. The van der Waals surface area contributed by atoms with Crippen LogP contribution in [0.4, 0.5) is 5.69 Å². The molecule has 0 aliphatic rings. The summed E-state index contributed by atoms with van der Waals surface area (Å²) in [6.07, 6.45) is 2.85. The summed E-state index contributed by atoms with van der Waals surface area (Å²) < 4.78 is 1.86. The molecular formula is C45H51HfN3-4. The van der Waals surface area contributed by atoms with E-state index in [9.17, 15) is 0 Å². The zero-order chi connectivity index (χ0) is 34.7. The van der Waals surface area contributed by atoms with E-state index in [1.807, 2.05) is 109 Å². The van der Waals surface area contributed by atoms with Crippen molar-refractivity contribution in [2.75, 3.05) is 0 Å². The smallest absolute Gasteiger partial charge is 0.0483 e. The standard InChI is InChI=1S/C24H30N3.3C7H7.Hf/c1-17(2)20-12-9-13-21(18(3)4)24(20)25-23(22-14-15-27(5)26-22)16-19-10-7-6-8-11-19;3*1-7-5-3-2-4-6-7;/h6-15,17-18,23H,16H2,1-5H3;3*2-6H,1H2;/q4*-1;. The van der Waals surface area contributed by atoms with E-state index in [0.717, 1.165) is 34.5 Å². The zero-order valence-corrected chi connectivity index (χ0v) is 33.4. The Balaban J connectivity index is 0.000000303. The molecule has 0 aliphatic carbocycles. The van der Waals surface area contributed by atoms with Crippen molar-refractivity contribution in [3.8, 4) is 0 Å². The minimum Gasteiger partial charge on any atom is -0.676 e. The van der Waals surface area contributed by atoms with E-state index in [2.05, 4.69) is 108 Å². The van der Waals surface area contributed by atoms with Crippen LogP contribution >= 0.6 is 0 Å². The Labute approximate surface area is 315 Å². The van der Waals surface area contributed by atoms with Crippen molar-refractivity contribution >= 4 is 5.69 Å². The molecule has 254 valence electrons. The van der Waals surface area contributed by atoms with Gasteiger partial charge in [0.15, 0.2) is 0 Å². The number of aryl methyl sites for hydroxylation is 1. The molecule has 1 heterocycles. The Hall–Kier alpha value is -4.41. The van der Waals surface area contributed by atoms with Gasteiger partial charge in [-0.15, -0.1) is 42.1 Å². The van der Waals surface area contributed by atoms with E-state index >= 15 is 0 Å². The maximum absolute atomic E-state index is 5.30. The molecule has 6 aromatic rings. The van der Waals surface area contributed by atoms with Crippen LogP contribution in [0.1, 0.15) is 84.6 Å². The van der Waals surface area contributed by atoms with Gasteiger partial charge in [-0.3, -0.25) is 4.68 Å². The Morgan fingerprint density at radius 3 is 1.24 bits per heavy atom. The Kier molecular flexibility index (Phi) is 18.5. The summed E-state index contributed by atoms with van der Waals surface area (Å²) in [4.78, 5) is 0. The monoisotopic (exact) mass is 813 g/mol. The van der Waals surface area contributed by atoms with Crippen LogP contribution in [0, 0.1) is 20.8 Å². The van der Waals surface area contributed by atoms with Crippen molar-refractivity contribution in [1.82, 2.24) is 9.78 Å². The second-order valence-electron chi connectivity index (χ2n) is 12.3. The van der Waals surface area contributed by atoms with Gasteiger partial charge < -0.3 is 5.32 Å². The summed E-state index contributed by atoms with van der Waals surface area (Å²) in [5.41, 5.74) is 9.30. The quantitative estimate of drug-likeness (QED) is 0.117. The van der Waals surface area contributed by atoms with Gasteiger partial charge in [0.2, 0.25) is 0 Å². The van der Waals surface area contributed by atoms with Crippen molar-refractivity contribution in [3.05, 3.63) is 217 Å². The van der Waals surface area contributed by atoms with Crippen molar-refractivity contribution in [1.29, 1.82) is 0 Å². The van der Waals surface area contributed by atoms with Crippen LogP contribution in [0.15, 0.2) is 152 Å². The van der Waals surface area contributed by atoms with Gasteiger partial charge in [0, 0.05) is 44.8 Å². The number of rotatable bonds is 7. The normalized spacial score (nSPS) is 10.6. The molecule has 4 heteroatoms. The molecule has 1 atom stereocenters. The number of nitrogens with zero attached hydrogens (tertiary/aromatic N) is 3. The summed E-state index contributed by atoms with van der Waals surface area (Å²) in [6.45, 7) is 20.1. The van der Waals surface area contributed by atoms with Crippen LogP contribution in [0.5, 0.6) is 0 Å². The van der Waals surface area contributed by atoms with Gasteiger partial charge in [-0.05, 0) is 29.9 Å². The van der Waals surface area contributed by atoms with E-state index < -0.39 is 0 Å². The first-order valence-corrected chi connectivity index (χ1v) is 16.6. The molecule has 0 saturated heterocycles. The Bertz CT molecular complexity index is 1580. The van der Waals surface area contributed by atoms with Gasteiger partial charge in [-0.25, -0.2) is 0 Å². The van der Waals surface area contributed by atoms with Crippen molar-refractivity contribution < 1.29 is 25.8 Å². The van der Waals surface area contributed by atoms with E-state index in [0.29, 0.717) is 11.8 Å². The van der Waals surface area contributed by atoms with Crippen LogP contribution in [0.3, 0.4) is 0 Å². The molecular weight excluding hydrogens is 761 g/mol. The van der Waals surface area contributed by atoms with Crippen LogP contribution in [0.25, 0.3) is 5.32 Å². The van der Waals surface area contributed by atoms with Crippen molar-refractivity contribution in [2.45, 2.75) is 52.0 Å². The van der Waals surface area contributed by atoms with Gasteiger partial charge in [0.25, 0.3) is 0 Å². The van der Waals surface area contributed by atoms with Gasteiger partial charge in [-0.2, -0.15) is 79.0 Å². The van der Waals surface area contributed by atoms with Crippen LogP contribution in [-0.2, 0) is 39.3 Å². The molecule has 49 heavy (non-hydrogen) atoms. The first-order valence-electron chi connectivity index (χ1n) is 16.6. The SMILES string of the molecule is CC(C)c1cccc(C(C)C)c1[N-]C(Cc1ccccc1)c1ccn(C)n1.[CH2-]c1ccccc1.[CH2-]c1ccccc1.[CH2-]c1ccccc1.[Hf]. The molecule has 5 aromatic carbocycles. The predicted octanol–water partition coefficient (Wildman–Crippen LogP) is 12.3. The topological polar surface area (TPSA) is 31.9 Å². The number of benzene rings is 5. The zero-order valence-electron chi connectivity index (χ0n) is 29.8. The molecule has 1 aromatic heterocycles. The fourth-order valence-corrected chi connectivity index (χ4v) is 4.92. The molecule has 0 saturated carbocycles. The van der Waals surface area contributed by atoms with Crippen molar-refractivity contribution in [3.63, 3.8) is 0 Å². The first-order chi connectivity index (χ1) is 23.1. The maximum atomic E-state index is 5.30. The third-order valence-corrected chi connectivity index (χ3v) is 7.50. The fourth-order valence-electron chi connectivity index (χ4n) is 4.92. The molecule has 0 aliphatic heterocycles. The minimum atomic E-state index is 0. The van der Waals surface area contributed by atoms with Gasteiger partial charge in [-0.1, -0.05) is 112 Å². The van der Waals surface area contributed by atoms with E-state index in [1.54, 1.807) is 0 Å². The van der Waals surface area contributed by atoms with Gasteiger partial charge >= 0.3 is 0 Å². The van der Waals surface area contributed by atoms with Crippen molar-refractivity contribution in [2.24, 2.45) is 7.05 Å². The molecule has 0 spiro atoms. The molecule has 0 bridgehead atoms. The van der Waals surface area contributed by atoms with E-state index in [-0.39, 0.29) is 31.9 Å². The van der Waals surface area contributed by atoms with Crippen LogP contribution in [0.2, 0.25) is 0 Å². The molecule has 0 fully saturated rings. The molecule has 0 radical (unpaired) electrons. The summed E-state index contributed by atoms with van der Waals surface area (Å²) in [7, 11) is 1.96. The molecule has 1 unspecified atom stereocenters. The number of para-hydroxylation sites is 1. The Morgan fingerprint density at radius 2 is 0.939 bits per heavy atom. The summed E-state index contributed by atoms with van der Waals surface area (Å²) >= 11 is 0. The predicted molar refractivity (Wildman–Crippen MR) is 206 cm³/mol. The minimum absolute atomic E-state index is 0. The van der Waals surface area contributed by atoms with E-state index in [4.69, 9.17) is 5.32 Å². The fraction of sp³-hybridized carbons (Fsp3) is 0.200.